The molecule has 0 radical (unpaired) electrons. The van der Waals surface area contributed by atoms with Crippen LogP contribution in [-0.2, 0) is 6.54 Å². The molecule has 1 heterocycles. The fourth-order valence-corrected chi connectivity index (χ4v) is 0.760. The third kappa shape index (κ3) is 1.49. The average Bonchev–Trinajstić information content (AvgIpc) is 2.18. The number of anilines is 2. The Hall–Kier alpha value is -1.52. The standard InChI is InChI=1S/C6H11N5/c1-4(7)3-11-6(9)5(8)2-10-11/h2,7H,3,8-9H2,1H3. The lowest BCUT2D eigenvalue weighted by molar-refractivity contribution is 0.731. The molecular formula is C6H11N5. The van der Waals surface area contributed by atoms with E-state index in [2.05, 4.69) is 5.10 Å². The Bertz CT molecular complexity index is 275. The van der Waals surface area contributed by atoms with Crippen molar-refractivity contribution in [2.45, 2.75) is 13.5 Å². The molecule has 0 aliphatic heterocycles. The number of aromatic nitrogens is 2. The second kappa shape index (κ2) is 2.61. The van der Waals surface area contributed by atoms with Gasteiger partial charge in [0.2, 0.25) is 0 Å². The minimum absolute atomic E-state index is 0.406. The third-order valence-electron chi connectivity index (χ3n) is 1.30. The lowest BCUT2D eigenvalue weighted by Gasteiger charge is -2.00. The van der Waals surface area contributed by atoms with E-state index in [0.29, 0.717) is 23.8 Å². The topological polar surface area (TPSA) is 93.7 Å². The van der Waals surface area contributed by atoms with Crippen molar-refractivity contribution in [3.63, 3.8) is 0 Å². The fourth-order valence-electron chi connectivity index (χ4n) is 0.760. The molecule has 0 atom stereocenters. The molecule has 5 nitrogen and oxygen atoms in total. The van der Waals surface area contributed by atoms with E-state index in [4.69, 9.17) is 16.9 Å². The summed E-state index contributed by atoms with van der Waals surface area (Å²) in [5.41, 5.74) is 11.9. The lowest BCUT2D eigenvalue weighted by Crippen LogP contribution is -2.10. The van der Waals surface area contributed by atoms with Crippen molar-refractivity contribution in [1.29, 1.82) is 5.41 Å². The number of hydrogen-bond acceptors (Lipinski definition) is 4. The van der Waals surface area contributed by atoms with Crippen LogP contribution in [0.4, 0.5) is 11.5 Å². The van der Waals surface area contributed by atoms with E-state index in [0.717, 1.165) is 0 Å². The van der Waals surface area contributed by atoms with E-state index in [-0.39, 0.29) is 0 Å². The van der Waals surface area contributed by atoms with Crippen LogP contribution in [0.2, 0.25) is 0 Å². The molecule has 0 saturated carbocycles. The fraction of sp³-hybridized carbons (Fsp3) is 0.333. The maximum atomic E-state index is 7.18. The number of nitrogen functional groups attached to an aromatic ring is 2. The van der Waals surface area contributed by atoms with Crippen LogP contribution < -0.4 is 11.5 Å². The van der Waals surface area contributed by atoms with Crippen LogP contribution in [0.3, 0.4) is 0 Å². The van der Waals surface area contributed by atoms with Gasteiger partial charge >= 0.3 is 0 Å². The molecule has 0 spiro atoms. The Morgan fingerprint density at radius 1 is 1.73 bits per heavy atom. The van der Waals surface area contributed by atoms with Gasteiger partial charge in [0.1, 0.15) is 5.82 Å². The summed E-state index contributed by atoms with van der Waals surface area (Å²) >= 11 is 0. The summed E-state index contributed by atoms with van der Waals surface area (Å²) < 4.78 is 1.50. The quantitative estimate of drug-likeness (QED) is 0.525. The molecule has 1 aromatic rings. The summed E-state index contributed by atoms with van der Waals surface area (Å²) in [6.45, 7) is 2.10. The van der Waals surface area contributed by atoms with Crippen LogP contribution in [0.5, 0.6) is 0 Å². The van der Waals surface area contributed by atoms with E-state index in [1.807, 2.05) is 0 Å². The van der Waals surface area contributed by atoms with Gasteiger partial charge < -0.3 is 16.9 Å². The average molecular weight is 153 g/mol. The summed E-state index contributed by atoms with van der Waals surface area (Å²) in [5.74, 6) is 0.427. The molecule has 0 fully saturated rings. The molecule has 0 saturated heterocycles. The largest absolute Gasteiger partial charge is 0.394 e. The van der Waals surface area contributed by atoms with Crippen molar-refractivity contribution in [2.24, 2.45) is 0 Å². The predicted octanol–water partition coefficient (Wildman–Crippen LogP) is 0.0872. The Morgan fingerprint density at radius 2 is 2.36 bits per heavy atom. The van der Waals surface area contributed by atoms with Gasteiger partial charge in [0.05, 0.1) is 18.4 Å². The van der Waals surface area contributed by atoms with Crippen LogP contribution in [0.1, 0.15) is 6.92 Å². The van der Waals surface area contributed by atoms with Gasteiger partial charge in [-0.05, 0) is 6.92 Å². The first-order chi connectivity index (χ1) is 5.11. The van der Waals surface area contributed by atoms with Gasteiger partial charge in [0, 0.05) is 5.71 Å². The Kier molecular flexibility index (Phi) is 1.80. The van der Waals surface area contributed by atoms with E-state index in [1.165, 1.54) is 10.9 Å². The number of rotatable bonds is 2. The highest BCUT2D eigenvalue weighted by Crippen LogP contribution is 2.11. The third-order valence-corrected chi connectivity index (χ3v) is 1.30. The highest BCUT2D eigenvalue weighted by atomic mass is 15.3. The number of nitrogens with one attached hydrogen (secondary N) is 1. The van der Waals surface area contributed by atoms with Crippen molar-refractivity contribution in [1.82, 2.24) is 9.78 Å². The SMILES string of the molecule is CC(=N)Cn1ncc(N)c1N. The van der Waals surface area contributed by atoms with Gasteiger partial charge in [-0.15, -0.1) is 0 Å². The zero-order valence-electron chi connectivity index (χ0n) is 6.33. The van der Waals surface area contributed by atoms with E-state index in [9.17, 15) is 0 Å². The van der Waals surface area contributed by atoms with E-state index < -0.39 is 0 Å². The van der Waals surface area contributed by atoms with Crippen LogP contribution >= 0.6 is 0 Å². The highest BCUT2D eigenvalue weighted by Gasteiger charge is 2.02. The molecule has 60 valence electrons. The van der Waals surface area contributed by atoms with Gasteiger partial charge in [0.25, 0.3) is 0 Å². The first-order valence-electron chi connectivity index (χ1n) is 3.22. The molecule has 0 aromatic carbocycles. The molecule has 0 aliphatic rings. The molecular weight excluding hydrogens is 142 g/mol. The molecule has 0 unspecified atom stereocenters. The number of nitrogens with two attached hydrogens (primary N) is 2. The van der Waals surface area contributed by atoms with Gasteiger partial charge in [-0.1, -0.05) is 0 Å². The summed E-state index contributed by atoms with van der Waals surface area (Å²) in [4.78, 5) is 0. The van der Waals surface area contributed by atoms with Crippen molar-refractivity contribution < 1.29 is 0 Å². The maximum Gasteiger partial charge on any atom is 0.145 e. The normalized spacial score (nSPS) is 9.91. The van der Waals surface area contributed by atoms with E-state index in [1.54, 1.807) is 6.92 Å². The second-order valence-electron chi connectivity index (χ2n) is 2.42. The molecule has 1 aromatic heterocycles. The first-order valence-corrected chi connectivity index (χ1v) is 3.22. The van der Waals surface area contributed by atoms with Crippen LogP contribution in [-0.4, -0.2) is 15.5 Å². The Labute approximate surface area is 64.5 Å². The molecule has 5 heteroatoms. The van der Waals surface area contributed by atoms with Gasteiger partial charge in [-0.3, -0.25) is 0 Å². The van der Waals surface area contributed by atoms with Gasteiger partial charge in [0.15, 0.2) is 0 Å². The molecule has 0 amide bonds. The summed E-state index contributed by atoms with van der Waals surface area (Å²) in [7, 11) is 0. The van der Waals surface area contributed by atoms with Crippen molar-refractivity contribution in [3.05, 3.63) is 6.20 Å². The highest BCUT2D eigenvalue weighted by molar-refractivity contribution is 5.79. The minimum Gasteiger partial charge on any atom is -0.394 e. The Morgan fingerprint density at radius 3 is 2.73 bits per heavy atom. The smallest absolute Gasteiger partial charge is 0.145 e. The second-order valence-corrected chi connectivity index (χ2v) is 2.42. The number of nitrogens with zero attached hydrogens (tertiary/aromatic N) is 2. The van der Waals surface area contributed by atoms with Crippen molar-refractivity contribution in [3.8, 4) is 0 Å². The van der Waals surface area contributed by atoms with Gasteiger partial charge in [-0.2, -0.15) is 5.10 Å². The zero-order valence-corrected chi connectivity index (χ0v) is 6.33. The Balaban J connectivity index is 2.87. The number of hydrogen-bond donors (Lipinski definition) is 3. The first kappa shape index (κ1) is 7.59. The van der Waals surface area contributed by atoms with Crippen LogP contribution in [0.15, 0.2) is 6.20 Å². The molecule has 0 bridgehead atoms. The molecule has 0 aliphatic carbocycles. The van der Waals surface area contributed by atoms with Crippen molar-refractivity contribution in [2.75, 3.05) is 11.5 Å². The summed E-state index contributed by atoms with van der Waals surface area (Å²) in [5, 5.41) is 11.1. The van der Waals surface area contributed by atoms with Gasteiger partial charge in [-0.25, -0.2) is 4.68 Å². The monoisotopic (exact) mass is 153 g/mol. The molecule has 11 heavy (non-hydrogen) atoms. The van der Waals surface area contributed by atoms with E-state index >= 15 is 0 Å². The summed E-state index contributed by atoms with van der Waals surface area (Å²) in [6, 6.07) is 0. The van der Waals surface area contributed by atoms with Crippen molar-refractivity contribution >= 4 is 17.2 Å². The van der Waals surface area contributed by atoms with Crippen LogP contribution in [0.25, 0.3) is 0 Å². The zero-order chi connectivity index (χ0) is 8.43. The van der Waals surface area contributed by atoms with Crippen LogP contribution in [0, 0.1) is 5.41 Å². The molecule has 5 N–H and O–H groups in total. The lowest BCUT2D eigenvalue weighted by atomic mass is 10.4. The maximum absolute atomic E-state index is 7.18. The summed E-state index contributed by atoms with van der Waals surface area (Å²) in [6.07, 6.45) is 1.48. The molecule has 1 rings (SSSR count). The predicted molar refractivity (Wildman–Crippen MR) is 44.5 cm³/mol. The minimum atomic E-state index is 0.406.